The van der Waals surface area contributed by atoms with E-state index in [1.807, 2.05) is 0 Å². The molecule has 2 rings (SSSR count). The number of ether oxygens (including phenoxy) is 3. The molecule has 1 unspecified atom stereocenters. The van der Waals surface area contributed by atoms with Gasteiger partial charge in [-0.2, -0.15) is 4.98 Å². The van der Waals surface area contributed by atoms with E-state index >= 15 is 0 Å². The normalized spacial score (nSPS) is 14.6. The highest BCUT2D eigenvalue weighted by molar-refractivity contribution is 7.59. The van der Waals surface area contributed by atoms with Crippen LogP contribution in [0.25, 0.3) is 11.2 Å². The third-order valence-corrected chi connectivity index (χ3v) is 6.71. The molecule has 0 radical (unpaired) electrons. The van der Waals surface area contributed by atoms with Gasteiger partial charge in [0.1, 0.15) is 17.9 Å². The Morgan fingerprint density at radius 2 is 2.09 bits per heavy atom. The minimum absolute atomic E-state index is 0.0499. The van der Waals surface area contributed by atoms with Crippen LogP contribution in [0.5, 0.6) is 0 Å². The van der Waals surface area contributed by atoms with Gasteiger partial charge in [0, 0.05) is 6.54 Å². The minimum atomic E-state index is -3.65. The van der Waals surface area contributed by atoms with Crippen molar-refractivity contribution in [2.45, 2.75) is 45.8 Å². The van der Waals surface area contributed by atoms with Crippen LogP contribution in [0.3, 0.4) is 0 Å². The molecule has 0 saturated heterocycles. The lowest BCUT2D eigenvalue weighted by Gasteiger charge is -2.31. The Morgan fingerprint density at radius 1 is 1.39 bits per heavy atom. The summed E-state index contributed by atoms with van der Waals surface area (Å²) in [5, 5.41) is 5.43. The van der Waals surface area contributed by atoms with Gasteiger partial charge in [0.25, 0.3) is 5.56 Å². The molecular formula is C18H30N7O7P. The second-order valence-electron chi connectivity index (χ2n) is 7.67. The molecule has 2 aromatic heterocycles. The van der Waals surface area contributed by atoms with Crippen molar-refractivity contribution < 1.29 is 28.4 Å². The molecule has 0 aliphatic rings. The standard InChI is InChI=1S/C18H30N7O7P/c1-6-32-15(27)11(2)23-33(29,24-18(3,4)16(28)30-5)10-31-8-7-25-9-20-12-13(25)21-17(19)22-14(12)26/h9,11H,6-8,10H2,1-5H3,(H2,23,24,29)(H3,19,21,22,26)/t11-,33?/m0/s1. The highest BCUT2D eigenvalue weighted by Gasteiger charge is 2.38. The van der Waals surface area contributed by atoms with Crippen molar-refractivity contribution in [1.29, 1.82) is 0 Å². The Balaban J connectivity index is 2.11. The van der Waals surface area contributed by atoms with E-state index < -0.39 is 36.5 Å². The number of esters is 2. The largest absolute Gasteiger partial charge is 0.468 e. The van der Waals surface area contributed by atoms with Gasteiger partial charge in [0.15, 0.2) is 11.2 Å². The van der Waals surface area contributed by atoms with Crippen molar-refractivity contribution in [3.05, 3.63) is 16.7 Å². The number of methoxy groups -OCH3 is 1. The van der Waals surface area contributed by atoms with Gasteiger partial charge < -0.3 is 24.5 Å². The van der Waals surface area contributed by atoms with Gasteiger partial charge in [-0.05, 0) is 27.7 Å². The van der Waals surface area contributed by atoms with Gasteiger partial charge in [-0.1, -0.05) is 0 Å². The lowest BCUT2D eigenvalue weighted by atomic mass is 10.1. The number of fused-ring (bicyclic) bond motifs is 1. The predicted octanol–water partition coefficient (Wildman–Crippen LogP) is -0.0486. The average molecular weight is 487 g/mol. The molecule has 14 nitrogen and oxygen atoms in total. The van der Waals surface area contributed by atoms with E-state index in [4.69, 9.17) is 19.9 Å². The van der Waals surface area contributed by atoms with E-state index in [0.717, 1.165) is 0 Å². The van der Waals surface area contributed by atoms with Crippen molar-refractivity contribution in [2.24, 2.45) is 0 Å². The van der Waals surface area contributed by atoms with Crippen LogP contribution in [0.15, 0.2) is 11.1 Å². The van der Waals surface area contributed by atoms with Gasteiger partial charge >= 0.3 is 11.9 Å². The molecule has 0 aliphatic carbocycles. The van der Waals surface area contributed by atoms with Gasteiger partial charge in [0.05, 0.1) is 26.7 Å². The number of hydrogen-bond donors (Lipinski definition) is 4. The van der Waals surface area contributed by atoms with Crippen LogP contribution >= 0.6 is 7.44 Å². The number of nitrogen functional groups attached to an aromatic ring is 1. The molecule has 0 fully saturated rings. The molecule has 0 bridgehead atoms. The first-order valence-electron chi connectivity index (χ1n) is 10.1. The van der Waals surface area contributed by atoms with E-state index in [1.54, 1.807) is 11.5 Å². The van der Waals surface area contributed by atoms with Crippen LogP contribution in [0.2, 0.25) is 0 Å². The number of aromatic amines is 1. The van der Waals surface area contributed by atoms with Crippen LogP contribution in [0.1, 0.15) is 27.7 Å². The number of aromatic nitrogens is 4. The maximum Gasteiger partial charge on any atom is 0.325 e. The van der Waals surface area contributed by atoms with Crippen LogP contribution in [-0.2, 0) is 34.9 Å². The van der Waals surface area contributed by atoms with Gasteiger partial charge in [-0.15, -0.1) is 0 Å². The van der Waals surface area contributed by atoms with Crippen LogP contribution in [0.4, 0.5) is 5.95 Å². The summed E-state index contributed by atoms with van der Waals surface area (Å²) in [6, 6.07) is -0.933. The fourth-order valence-electron chi connectivity index (χ4n) is 2.98. The highest BCUT2D eigenvalue weighted by Crippen LogP contribution is 2.39. The second kappa shape index (κ2) is 10.9. The fraction of sp³-hybridized carbons (Fsp3) is 0.611. The summed E-state index contributed by atoms with van der Waals surface area (Å²) in [5.41, 5.74) is 4.19. The molecule has 184 valence electrons. The molecule has 2 heterocycles. The SMILES string of the molecule is CCOC(=O)[C@H](C)NP(=O)(COCCn1cnc2c(=O)[nH]c(N)nc21)NC(C)(C)C(=O)OC. The van der Waals surface area contributed by atoms with Crippen LogP contribution in [0, 0.1) is 0 Å². The smallest absolute Gasteiger partial charge is 0.325 e. The lowest BCUT2D eigenvalue weighted by molar-refractivity contribution is -0.146. The summed E-state index contributed by atoms with van der Waals surface area (Å²) < 4.78 is 30.4. The summed E-state index contributed by atoms with van der Waals surface area (Å²) in [7, 11) is -2.44. The van der Waals surface area contributed by atoms with Crippen molar-refractivity contribution in [2.75, 3.05) is 32.4 Å². The number of nitrogens with two attached hydrogens (primary N) is 1. The van der Waals surface area contributed by atoms with Crippen molar-refractivity contribution in [1.82, 2.24) is 29.7 Å². The zero-order chi connectivity index (χ0) is 24.8. The quantitative estimate of drug-likeness (QED) is 0.177. The Bertz CT molecular complexity index is 1100. The van der Waals surface area contributed by atoms with Gasteiger partial charge in [-0.3, -0.25) is 23.9 Å². The zero-order valence-electron chi connectivity index (χ0n) is 19.2. The zero-order valence-corrected chi connectivity index (χ0v) is 20.1. The average Bonchev–Trinajstić information content (AvgIpc) is 3.13. The number of imidazole rings is 1. The molecule has 0 amide bonds. The molecule has 0 aromatic carbocycles. The number of rotatable bonds is 12. The van der Waals surface area contributed by atoms with Crippen LogP contribution in [-0.4, -0.2) is 69.7 Å². The van der Waals surface area contributed by atoms with Crippen LogP contribution < -0.4 is 21.5 Å². The number of H-pyrrole nitrogens is 1. The molecule has 0 saturated carbocycles. The second-order valence-corrected chi connectivity index (χ2v) is 9.89. The maximum atomic E-state index is 13.6. The van der Waals surface area contributed by atoms with Gasteiger partial charge in [-0.25, -0.2) is 15.2 Å². The number of anilines is 1. The lowest BCUT2D eigenvalue weighted by Crippen LogP contribution is -2.50. The number of nitrogens with one attached hydrogen (secondary N) is 3. The summed E-state index contributed by atoms with van der Waals surface area (Å²) in [4.78, 5) is 46.4. The molecule has 15 heteroatoms. The first-order valence-corrected chi connectivity index (χ1v) is 12.0. The Kier molecular flexibility index (Phi) is 8.72. The molecule has 0 aliphatic heterocycles. The fourth-order valence-corrected chi connectivity index (χ4v) is 5.29. The Morgan fingerprint density at radius 3 is 2.73 bits per heavy atom. The summed E-state index contributed by atoms with van der Waals surface area (Å²) in [6.45, 7) is 6.57. The third kappa shape index (κ3) is 6.84. The summed E-state index contributed by atoms with van der Waals surface area (Å²) in [6.07, 6.45) is 1.05. The molecule has 33 heavy (non-hydrogen) atoms. The Labute approximate surface area is 190 Å². The van der Waals surface area contributed by atoms with Gasteiger partial charge in [0.2, 0.25) is 13.4 Å². The molecule has 2 atom stereocenters. The number of hydrogen-bond acceptors (Lipinski definition) is 10. The Hall–Kier alpha value is -2.80. The van der Waals surface area contributed by atoms with E-state index in [-0.39, 0.29) is 43.2 Å². The number of carbonyl (C=O) groups is 2. The first kappa shape index (κ1) is 26.5. The maximum absolute atomic E-state index is 13.6. The van der Waals surface area contributed by atoms with Crippen molar-refractivity contribution in [3.8, 4) is 0 Å². The first-order chi connectivity index (χ1) is 15.4. The predicted molar refractivity (Wildman–Crippen MR) is 119 cm³/mol. The highest BCUT2D eigenvalue weighted by atomic mass is 31.2. The molecular weight excluding hydrogens is 457 g/mol. The van der Waals surface area contributed by atoms with E-state index in [9.17, 15) is 18.9 Å². The molecule has 0 spiro atoms. The van der Waals surface area contributed by atoms with Crippen molar-refractivity contribution >= 4 is 36.5 Å². The third-order valence-electron chi connectivity index (χ3n) is 4.44. The van der Waals surface area contributed by atoms with E-state index in [1.165, 1.54) is 34.2 Å². The number of carbonyl (C=O) groups excluding carboxylic acids is 2. The van der Waals surface area contributed by atoms with E-state index in [0.29, 0.717) is 0 Å². The summed E-state index contributed by atoms with van der Waals surface area (Å²) in [5.74, 6) is -1.30. The number of nitrogens with zero attached hydrogens (tertiary/aromatic N) is 3. The topological polar surface area (TPSA) is 193 Å². The molecule has 5 N–H and O–H groups in total. The van der Waals surface area contributed by atoms with E-state index in [2.05, 4.69) is 25.1 Å². The minimum Gasteiger partial charge on any atom is -0.468 e. The monoisotopic (exact) mass is 487 g/mol. The summed E-state index contributed by atoms with van der Waals surface area (Å²) >= 11 is 0. The van der Waals surface area contributed by atoms with Crippen molar-refractivity contribution in [3.63, 3.8) is 0 Å². The molecule has 2 aromatic rings.